The number of aromatic nitrogens is 2. The highest BCUT2D eigenvalue weighted by atomic mass is 32.2. The van der Waals surface area contributed by atoms with Crippen LogP contribution in [0, 0.1) is 6.92 Å². The van der Waals surface area contributed by atoms with Crippen LogP contribution in [0.1, 0.15) is 46.2 Å². The largest absolute Gasteiger partial charge is 0.497 e. The number of methoxy groups -OCH3 is 1. The number of sulfonamides is 1. The molecule has 1 N–H and O–H groups in total. The molecule has 2 aromatic heterocycles. The van der Waals surface area contributed by atoms with Gasteiger partial charge in [-0.05, 0) is 61.7 Å². The van der Waals surface area contributed by atoms with E-state index in [1.165, 1.54) is 4.31 Å². The Kier molecular flexibility index (Phi) is 6.88. The molecule has 1 spiro atoms. The van der Waals surface area contributed by atoms with E-state index in [1.807, 2.05) is 36.7 Å². The number of carbonyl (C=O) groups is 1. The van der Waals surface area contributed by atoms with E-state index in [4.69, 9.17) is 4.74 Å². The predicted molar refractivity (Wildman–Crippen MR) is 155 cm³/mol. The number of aliphatic hydroxyl groups excluding tert-OH is 1. The first-order valence-electron chi connectivity index (χ1n) is 13.8. The topological polar surface area (TPSA) is 105 Å². The first kappa shape index (κ1) is 27.4. The van der Waals surface area contributed by atoms with Gasteiger partial charge in [-0.1, -0.05) is 23.8 Å². The van der Waals surface area contributed by atoms with Crippen molar-refractivity contribution in [2.45, 2.75) is 36.1 Å². The lowest BCUT2D eigenvalue weighted by atomic mass is 9.69. The molecule has 0 radical (unpaired) electrons. The molecule has 2 aliphatic heterocycles. The zero-order chi connectivity index (χ0) is 28.9. The zero-order valence-corrected chi connectivity index (χ0v) is 24.3. The summed E-state index contributed by atoms with van der Waals surface area (Å²) in [7, 11) is -0.421. The van der Waals surface area contributed by atoms with Gasteiger partial charge in [-0.25, -0.2) is 8.42 Å². The SMILES string of the molecule is COc1ccc2c3c(n(C)c2c1)[C@H](CO)N(S(=O)(=O)c1ccc(C)cc1)CC31CCN(C(=O)c2ccccn2)CC1. The van der Waals surface area contributed by atoms with E-state index in [0.717, 1.165) is 27.7 Å². The summed E-state index contributed by atoms with van der Waals surface area (Å²) in [5.74, 6) is 0.571. The van der Waals surface area contributed by atoms with Crippen molar-refractivity contribution in [3.05, 3.63) is 89.4 Å². The fraction of sp³-hybridized carbons (Fsp3) is 0.355. The summed E-state index contributed by atoms with van der Waals surface area (Å²) in [6, 6.07) is 17.3. The normalized spacial score (nSPS) is 18.9. The molecule has 10 heteroatoms. The standard InChI is InChI=1S/C31H34N4O5S/c1-21-7-10-23(11-8-21)41(38,39)35-20-31(13-16-34(17-14-31)30(37)25-6-4-5-15-32-25)28-24-12-9-22(40-3)18-26(24)33(2)29(28)27(35)19-36/h4-12,15,18,27,36H,13-14,16-17,19-20H2,1-3H3/t27-/m0/s1. The van der Waals surface area contributed by atoms with E-state index in [1.54, 1.807) is 60.7 Å². The number of benzene rings is 2. The summed E-state index contributed by atoms with van der Waals surface area (Å²) in [5.41, 5.74) is 3.54. The summed E-state index contributed by atoms with van der Waals surface area (Å²) in [5, 5.41) is 11.7. The second kappa shape index (κ2) is 10.3. The zero-order valence-electron chi connectivity index (χ0n) is 23.4. The van der Waals surface area contributed by atoms with Crippen molar-refractivity contribution in [1.29, 1.82) is 0 Å². The Hall–Kier alpha value is -3.73. The fourth-order valence-corrected chi connectivity index (χ4v) is 8.28. The minimum Gasteiger partial charge on any atom is -0.497 e. The molecule has 2 aromatic carbocycles. The molecular formula is C31H34N4O5S. The van der Waals surface area contributed by atoms with E-state index < -0.39 is 21.5 Å². The van der Waals surface area contributed by atoms with Crippen molar-refractivity contribution in [1.82, 2.24) is 18.8 Å². The maximum atomic E-state index is 14.2. The Morgan fingerprint density at radius 1 is 1.10 bits per heavy atom. The minimum atomic E-state index is -3.95. The summed E-state index contributed by atoms with van der Waals surface area (Å²) in [6.07, 6.45) is 2.75. The molecule has 2 aliphatic rings. The molecule has 0 aliphatic carbocycles. The van der Waals surface area contributed by atoms with Crippen LogP contribution in [0.25, 0.3) is 10.9 Å². The predicted octanol–water partition coefficient (Wildman–Crippen LogP) is 3.80. The molecule has 6 rings (SSSR count). The average molecular weight is 575 g/mol. The quantitative estimate of drug-likeness (QED) is 0.389. The Labute approximate surface area is 240 Å². The molecule has 4 aromatic rings. The third-order valence-electron chi connectivity index (χ3n) is 8.80. The number of fused-ring (bicyclic) bond motifs is 4. The Balaban J connectivity index is 1.48. The Morgan fingerprint density at radius 3 is 2.46 bits per heavy atom. The number of carbonyl (C=O) groups excluding carboxylic acids is 1. The molecule has 0 unspecified atom stereocenters. The van der Waals surface area contributed by atoms with Gasteiger partial charge < -0.3 is 19.3 Å². The first-order valence-corrected chi connectivity index (χ1v) is 15.2. The highest BCUT2D eigenvalue weighted by Gasteiger charge is 2.51. The number of aliphatic hydroxyl groups is 1. The van der Waals surface area contributed by atoms with E-state index in [-0.39, 0.29) is 24.0 Å². The maximum absolute atomic E-state index is 14.2. The maximum Gasteiger partial charge on any atom is 0.272 e. The van der Waals surface area contributed by atoms with Crippen LogP contribution in [0.5, 0.6) is 5.75 Å². The van der Waals surface area contributed by atoms with Crippen LogP contribution in [-0.4, -0.2) is 71.5 Å². The van der Waals surface area contributed by atoms with E-state index in [9.17, 15) is 18.3 Å². The van der Waals surface area contributed by atoms with E-state index in [0.29, 0.717) is 37.4 Å². The smallest absolute Gasteiger partial charge is 0.272 e. The summed E-state index contributed by atoms with van der Waals surface area (Å²) < 4.78 is 37.4. The number of likely N-dealkylation sites (tertiary alicyclic amines) is 1. The van der Waals surface area contributed by atoms with Crippen molar-refractivity contribution in [3.63, 3.8) is 0 Å². The second-order valence-corrected chi connectivity index (χ2v) is 12.9. The van der Waals surface area contributed by atoms with Crippen LogP contribution in [0.2, 0.25) is 0 Å². The second-order valence-electron chi connectivity index (χ2n) is 11.1. The number of rotatable bonds is 5. The molecule has 0 bridgehead atoms. The Morgan fingerprint density at radius 2 is 1.83 bits per heavy atom. The van der Waals surface area contributed by atoms with Gasteiger partial charge in [0.05, 0.1) is 30.2 Å². The van der Waals surface area contributed by atoms with Crippen molar-refractivity contribution in [3.8, 4) is 5.75 Å². The minimum absolute atomic E-state index is 0.128. The first-order chi connectivity index (χ1) is 19.7. The average Bonchev–Trinajstić information content (AvgIpc) is 3.30. The lowest BCUT2D eigenvalue weighted by molar-refractivity contribution is 0.0592. The molecule has 41 heavy (non-hydrogen) atoms. The highest BCUT2D eigenvalue weighted by molar-refractivity contribution is 7.89. The van der Waals surface area contributed by atoms with Gasteiger partial charge in [0.1, 0.15) is 11.4 Å². The van der Waals surface area contributed by atoms with Crippen LogP contribution in [0.4, 0.5) is 0 Å². The van der Waals surface area contributed by atoms with Gasteiger partial charge in [0.2, 0.25) is 10.0 Å². The summed E-state index contributed by atoms with van der Waals surface area (Å²) in [4.78, 5) is 19.5. The van der Waals surface area contributed by atoms with Gasteiger partial charge >= 0.3 is 0 Å². The van der Waals surface area contributed by atoms with Gasteiger partial charge in [0, 0.05) is 55.4 Å². The number of amides is 1. The van der Waals surface area contributed by atoms with E-state index >= 15 is 0 Å². The number of hydrogen-bond acceptors (Lipinski definition) is 6. The van der Waals surface area contributed by atoms with Crippen molar-refractivity contribution in [2.75, 3.05) is 33.4 Å². The Bertz CT molecular complexity index is 1710. The van der Waals surface area contributed by atoms with E-state index in [2.05, 4.69) is 4.98 Å². The summed E-state index contributed by atoms with van der Waals surface area (Å²) in [6.45, 7) is 2.68. The van der Waals surface area contributed by atoms with Crippen LogP contribution >= 0.6 is 0 Å². The third-order valence-corrected chi connectivity index (χ3v) is 10.7. The molecule has 0 saturated carbocycles. The van der Waals surface area contributed by atoms with Crippen LogP contribution in [0.15, 0.2) is 71.8 Å². The molecule has 1 fully saturated rings. The van der Waals surface area contributed by atoms with Gasteiger partial charge in [0.15, 0.2) is 0 Å². The molecule has 214 valence electrons. The molecule has 1 amide bonds. The number of aryl methyl sites for hydroxylation is 2. The van der Waals surface area contributed by atoms with Gasteiger partial charge in [0.25, 0.3) is 5.91 Å². The molecule has 1 saturated heterocycles. The summed E-state index contributed by atoms with van der Waals surface area (Å²) >= 11 is 0. The number of nitrogens with zero attached hydrogens (tertiary/aromatic N) is 4. The van der Waals surface area contributed by atoms with Gasteiger partial charge in [-0.3, -0.25) is 9.78 Å². The molecule has 9 nitrogen and oxygen atoms in total. The number of hydrogen-bond donors (Lipinski definition) is 1. The van der Waals surface area contributed by atoms with Crippen LogP contribution in [-0.2, 0) is 22.5 Å². The highest BCUT2D eigenvalue weighted by Crippen LogP contribution is 2.51. The number of ether oxygens (including phenoxy) is 1. The van der Waals surface area contributed by atoms with Crippen LogP contribution in [0.3, 0.4) is 0 Å². The van der Waals surface area contributed by atoms with Crippen molar-refractivity contribution >= 4 is 26.8 Å². The molecule has 4 heterocycles. The molecular weight excluding hydrogens is 540 g/mol. The lowest BCUT2D eigenvalue weighted by Gasteiger charge is -2.49. The van der Waals surface area contributed by atoms with Crippen LogP contribution < -0.4 is 4.74 Å². The lowest BCUT2D eigenvalue weighted by Crippen LogP contribution is -2.56. The van der Waals surface area contributed by atoms with Gasteiger partial charge in [-0.2, -0.15) is 4.31 Å². The van der Waals surface area contributed by atoms with Gasteiger partial charge in [-0.15, -0.1) is 0 Å². The number of pyridine rings is 1. The molecule has 1 atom stereocenters. The van der Waals surface area contributed by atoms with Crippen molar-refractivity contribution in [2.24, 2.45) is 7.05 Å². The third kappa shape index (κ3) is 4.41. The fourth-order valence-electron chi connectivity index (χ4n) is 6.61. The number of piperidine rings is 1. The van der Waals surface area contributed by atoms with Crippen molar-refractivity contribution < 1.29 is 23.1 Å². The monoisotopic (exact) mass is 574 g/mol.